The number of carbonyl (C=O) groups is 2. The number of hydrogen-bond donors (Lipinski definition) is 1. The molecule has 202 valence electrons. The first-order valence-corrected chi connectivity index (χ1v) is 13.9. The van der Waals surface area contributed by atoms with Gasteiger partial charge >= 0.3 is 0 Å². The van der Waals surface area contributed by atoms with Gasteiger partial charge in [0.05, 0.1) is 0 Å². The smallest absolute Gasteiger partial charge is 0.243 e. The van der Waals surface area contributed by atoms with Gasteiger partial charge in [-0.3, -0.25) is 9.59 Å². The van der Waals surface area contributed by atoms with Crippen LogP contribution in [0.1, 0.15) is 69.2 Å². The fraction of sp³-hybridized carbons (Fsp3) is 0.375. The van der Waals surface area contributed by atoms with E-state index in [1.807, 2.05) is 57.2 Å². The minimum Gasteiger partial charge on any atom is -0.350 e. The van der Waals surface area contributed by atoms with Gasteiger partial charge in [0.15, 0.2) is 0 Å². The van der Waals surface area contributed by atoms with E-state index in [2.05, 4.69) is 43.4 Å². The lowest BCUT2D eigenvalue weighted by molar-refractivity contribution is -0.141. The Morgan fingerprint density at radius 1 is 0.895 bits per heavy atom. The van der Waals surface area contributed by atoms with Crippen LogP contribution in [0.5, 0.6) is 0 Å². The van der Waals surface area contributed by atoms with E-state index in [9.17, 15) is 9.59 Å². The maximum absolute atomic E-state index is 13.9. The second-order valence-corrected chi connectivity index (χ2v) is 11.9. The van der Waals surface area contributed by atoms with Gasteiger partial charge < -0.3 is 10.2 Å². The topological polar surface area (TPSA) is 49.4 Å². The molecule has 2 amide bonds. The summed E-state index contributed by atoms with van der Waals surface area (Å²) in [6.45, 7) is 10.3. The van der Waals surface area contributed by atoms with Crippen molar-refractivity contribution in [3.05, 3.63) is 105 Å². The number of hydrogen-bond acceptors (Lipinski definition) is 2. The Kier molecular flexibility index (Phi) is 10.4. The zero-order chi connectivity index (χ0) is 27.9. The van der Waals surface area contributed by atoms with E-state index in [1.54, 1.807) is 17.0 Å². The van der Waals surface area contributed by atoms with Gasteiger partial charge in [-0.1, -0.05) is 97.7 Å². The van der Waals surface area contributed by atoms with Crippen LogP contribution in [-0.4, -0.2) is 28.3 Å². The first kappa shape index (κ1) is 29.7. The number of nitrogens with one attached hydrogen (secondary N) is 1. The highest BCUT2D eigenvalue weighted by Gasteiger charge is 2.32. The second kappa shape index (κ2) is 13.3. The van der Waals surface area contributed by atoms with Crippen molar-refractivity contribution in [3.8, 4) is 0 Å². The fourth-order valence-corrected chi connectivity index (χ4v) is 4.77. The maximum atomic E-state index is 13.9. The number of carbonyl (C=O) groups excluding carboxylic acids is 2. The molecule has 6 heteroatoms. The number of benzene rings is 3. The molecule has 0 bridgehead atoms. The molecular weight excluding hydrogens is 515 g/mol. The summed E-state index contributed by atoms with van der Waals surface area (Å²) in [5, 5.41) is 4.08. The molecular formula is C32H38Cl2N2O2. The van der Waals surface area contributed by atoms with Crippen molar-refractivity contribution in [2.24, 2.45) is 0 Å². The van der Waals surface area contributed by atoms with Gasteiger partial charge in [-0.15, -0.1) is 0 Å². The van der Waals surface area contributed by atoms with Crippen molar-refractivity contribution in [3.63, 3.8) is 0 Å². The molecule has 0 spiro atoms. The molecule has 0 heterocycles. The van der Waals surface area contributed by atoms with Crippen LogP contribution in [0.15, 0.2) is 72.8 Å². The Balaban J connectivity index is 1.93. The summed E-state index contributed by atoms with van der Waals surface area (Å²) in [4.78, 5) is 29.2. The van der Waals surface area contributed by atoms with Crippen molar-refractivity contribution in [1.29, 1.82) is 0 Å². The molecule has 0 saturated carbocycles. The van der Waals surface area contributed by atoms with Crippen LogP contribution < -0.4 is 5.32 Å². The van der Waals surface area contributed by atoms with Crippen molar-refractivity contribution >= 4 is 35.0 Å². The molecule has 1 atom stereocenters. The molecule has 0 radical (unpaired) electrons. The van der Waals surface area contributed by atoms with Gasteiger partial charge in [0.1, 0.15) is 6.04 Å². The van der Waals surface area contributed by atoms with E-state index in [0.717, 1.165) is 16.7 Å². The minimum atomic E-state index is -0.709. The van der Waals surface area contributed by atoms with Gasteiger partial charge in [-0.2, -0.15) is 0 Å². The van der Waals surface area contributed by atoms with E-state index in [-0.39, 0.29) is 24.8 Å². The molecule has 3 aromatic carbocycles. The molecule has 0 aromatic heterocycles. The van der Waals surface area contributed by atoms with E-state index in [4.69, 9.17) is 23.2 Å². The number of halogens is 2. The van der Waals surface area contributed by atoms with Crippen LogP contribution in [0.4, 0.5) is 0 Å². The zero-order valence-corrected chi connectivity index (χ0v) is 24.4. The Bertz CT molecular complexity index is 1220. The number of amides is 2. The SMILES string of the molecule is CC(C)c1ccc(CCC(=O)N(Cc2ccc(Cl)cc2Cl)[C@H](Cc2ccccc2)C(=O)NC(C)(C)C)cc1. The Morgan fingerprint density at radius 3 is 2.13 bits per heavy atom. The standard InChI is InChI=1S/C32H38Cl2N2O2/c1-22(2)25-14-11-23(12-15-25)13-18-30(37)36(21-26-16-17-27(33)20-28(26)34)29(31(38)35-32(3,4)5)19-24-9-7-6-8-10-24/h6-12,14-17,20,22,29H,13,18-19,21H2,1-5H3,(H,35,38)/t29-/m1/s1. The Labute approximate surface area is 237 Å². The maximum Gasteiger partial charge on any atom is 0.243 e. The highest BCUT2D eigenvalue weighted by Crippen LogP contribution is 2.25. The summed E-state index contributed by atoms with van der Waals surface area (Å²) in [6, 6.07) is 22.7. The molecule has 3 rings (SSSR count). The lowest BCUT2D eigenvalue weighted by Crippen LogP contribution is -2.54. The first-order chi connectivity index (χ1) is 17.9. The van der Waals surface area contributed by atoms with Crippen molar-refractivity contribution in [2.75, 3.05) is 0 Å². The average Bonchev–Trinajstić information content (AvgIpc) is 2.85. The van der Waals surface area contributed by atoms with Crippen molar-refractivity contribution in [2.45, 2.75) is 77.9 Å². The third-order valence-electron chi connectivity index (χ3n) is 6.40. The Hall–Kier alpha value is -2.82. The van der Waals surface area contributed by atoms with Crippen molar-refractivity contribution < 1.29 is 9.59 Å². The van der Waals surface area contributed by atoms with Gasteiger partial charge in [0.25, 0.3) is 0 Å². The van der Waals surface area contributed by atoms with E-state index >= 15 is 0 Å². The summed E-state index contributed by atoms with van der Waals surface area (Å²) in [5.74, 6) is 0.153. The van der Waals surface area contributed by atoms with E-state index in [1.165, 1.54) is 5.56 Å². The van der Waals surface area contributed by atoms with E-state index in [0.29, 0.717) is 28.8 Å². The predicted molar refractivity (Wildman–Crippen MR) is 158 cm³/mol. The van der Waals surface area contributed by atoms with E-state index < -0.39 is 11.6 Å². The highest BCUT2D eigenvalue weighted by atomic mass is 35.5. The minimum absolute atomic E-state index is 0.103. The molecule has 0 aliphatic rings. The normalized spacial score (nSPS) is 12.3. The monoisotopic (exact) mass is 552 g/mol. The molecule has 1 N–H and O–H groups in total. The third-order valence-corrected chi connectivity index (χ3v) is 6.99. The molecule has 4 nitrogen and oxygen atoms in total. The first-order valence-electron chi connectivity index (χ1n) is 13.1. The van der Waals surface area contributed by atoms with Crippen LogP contribution in [0, 0.1) is 0 Å². The Morgan fingerprint density at radius 2 is 1.55 bits per heavy atom. The van der Waals surface area contributed by atoms with Crippen LogP contribution in [0.25, 0.3) is 0 Å². The summed E-state index contributed by atoms with van der Waals surface area (Å²) in [7, 11) is 0. The summed E-state index contributed by atoms with van der Waals surface area (Å²) < 4.78 is 0. The summed E-state index contributed by atoms with van der Waals surface area (Å²) in [5.41, 5.74) is 3.63. The fourth-order valence-electron chi connectivity index (χ4n) is 4.30. The third kappa shape index (κ3) is 8.89. The summed E-state index contributed by atoms with van der Waals surface area (Å²) >= 11 is 12.6. The van der Waals surface area contributed by atoms with Crippen molar-refractivity contribution in [1.82, 2.24) is 10.2 Å². The molecule has 0 unspecified atom stereocenters. The van der Waals surface area contributed by atoms with Gasteiger partial charge in [-0.25, -0.2) is 0 Å². The van der Waals surface area contributed by atoms with Gasteiger partial charge in [0.2, 0.25) is 11.8 Å². The molecule has 0 fully saturated rings. The number of nitrogens with zero attached hydrogens (tertiary/aromatic N) is 1. The summed E-state index contributed by atoms with van der Waals surface area (Å²) in [6.07, 6.45) is 1.25. The van der Waals surface area contributed by atoms with Gasteiger partial charge in [0, 0.05) is 35.0 Å². The van der Waals surface area contributed by atoms with Gasteiger partial charge in [-0.05, 0) is 67.5 Å². The molecule has 0 aliphatic heterocycles. The number of aryl methyl sites for hydroxylation is 1. The lowest BCUT2D eigenvalue weighted by Gasteiger charge is -2.34. The second-order valence-electron chi connectivity index (χ2n) is 11.1. The lowest BCUT2D eigenvalue weighted by atomic mass is 9.98. The zero-order valence-electron chi connectivity index (χ0n) is 22.9. The quantitative estimate of drug-likeness (QED) is 0.281. The highest BCUT2D eigenvalue weighted by molar-refractivity contribution is 6.35. The number of rotatable bonds is 10. The largest absolute Gasteiger partial charge is 0.350 e. The van der Waals surface area contributed by atoms with Crippen LogP contribution in [-0.2, 0) is 29.0 Å². The predicted octanol–water partition coefficient (Wildman–Crippen LogP) is 7.60. The molecule has 38 heavy (non-hydrogen) atoms. The molecule has 0 aliphatic carbocycles. The molecule has 3 aromatic rings. The van der Waals surface area contributed by atoms with Crippen LogP contribution in [0.2, 0.25) is 10.0 Å². The van der Waals surface area contributed by atoms with Crippen LogP contribution in [0.3, 0.4) is 0 Å². The van der Waals surface area contributed by atoms with Crippen LogP contribution >= 0.6 is 23.2 Å². The molecule has 0 saturated heterocycles. The average molecular weight is 554 g/mol.